The molecule has 0 radical (unpaired) electrons. The average molecular weight is 521 g/mol. The number of benzene rings is 2. The fraction of sp³-hybridized carbons (Fsp3) is 0.130. The summed E-state index contributed by atoms with van der Waals surface area (Å²) in [6, 6.07) is 17.0. The summed E-state index contributed by atoms with van der Waals surface area (Å²) in [4.78, 5) is 4.33. The van der Waals surface area contributed by atoms with Crippen molar-refractivity contribution < 1.29 is 24.2 Å². The maximum absolute atomic E-state index is 7.56. The Kier molecular flexibility index (Phi) is 6.54. The quantitative estimate of drug-likeness (QED) is 0.238. The van der Waals surface area contributed by atoms with Crippen molar-refractivity contribution in [2.45, 2.75) is 20.2 Å². The number of nitrogens with zero attached hydrogens (tertiary/aromatic N) is 2. The van der Waals surface area contributed by atoms with Crippen LogP contribution in [0.2, 0.25) is 0 Å². The van der Waals surface area contributed by atoms with Gasteiger partial charge in [-0.3, -0.25) is 6.58 Å². The van der Waals surface area contributed by atoms with Crippen LogP contribution in [0.3, 0.4) is 0 Å². The van der Waals surface area contributed by atoms with Gasteiger partial charge in [0.1, 0.15) is 0 Å². The SMILES string of the molecule is C=[N-].[2H]C([2H])([2H])c1ccnc(-c2[c-]cc3c(c2)Cc2cc(C)ccc2-3)c1.[CH-]=C.[Ir+3]. The van der Waals surface area contributed by atoms with Gasteiger partial charge in [-0.1, -0.05) is 46.5 Å². The summed E-state index contributed by atoms with van der Waals surface area (Å²) in [5.74, 6) is 0. The fourth-order valence-electron chi connectivity index (χ4n) is 3.00. The molecule has 132 valence electrons. The summed E-state index contributed by atoms with van der Waals surface area (Å²) in [5.41, 5.74) is 8.11. The summed E-state index contributed by atoms with van der Waals surface area (Å²) in [6.45, 7) is 9.23. The average Bonchev–Trinajstić information content (AvgIpc) is 3.07. The van der Waals surface area contributed by atoms with Gasteiger partial charge >= 0.3 is 20.1 Å². The van der Waals surface area contributed by atoms with Crippen LogP contribution in [0.15, 0.2) is 55.2 Å². The van der Waals surface area contributed by atoms with E-state index in [1.807, 2.05) is 6.07 Å². The topological polar surface area (TPSA) is 35.2 Å². The molecule has 4 rings (SSSR count). The van der Waals surface area contributed by atoms with E-state index < -0.39 is 6.85 Å². The van der Waals surface area contributed by atoms with Crippen LogP contribution in [0.4, 0.5) is 0 Å². The molecular weight excluding hydrogens is 496 g/mol. The molecule has 3 heteroatoms. The summed E-state index contributed by atoms with van der Waals surface area (Å²) >= 11 is 0. The Balaban J connectivity index is 0.000000794. The van der Waals surface area contributed by atoms with Gasteiger partial charge in [-0.05, 0) is 37.5 Å². The minimum atomic E-state index is -2.12. The Hall–Kier alpha value is -2.35. The van der Waals surface area contributed by atoms with Gasteiger partial charge in [0.2, 0.25) is 0 Å². The van der Waals surface area contributed by atoms with E-state index in [-0.39, 0.29) is 20.1 Å². The van der Waals surface area contributed by atoms with Crippen molar-refractivity contribution in [2.24, 2.45) is 0 Å². The molecule has 1 aliphatic carbocycles. The number of hydrogen-bond donors (Lipinski definition) is 0. The second kappa shape index (κ2) is 9.96. The van der Waals surface area contributed by atoms with Gasteiger partial charge in [0.05, 0.1) is 0 Å². The monoisotopic (exact) mass is 521 g/mol. The summed E-state index contributed by atoms with van der Waals surface area (Å²) in [7, 11) is 0. The van der Waals surface area contributed by atoms with E-state index in [9.17, 15) is 0 Å². The van der Waals surface area contributed by atoms with Crippen molar-refractivity contribution in [2.75, 3.05) is 0 Å². The summed E-state index contributed by atoms with van der Waals surface area (Å²) in [6.07, 6.45) is 2.45. The van der Waals surface area contributed by atoms with Crippen LogP contribution >= 0.6 is 0 Å². The molecule has 2 aromatic carbocycles. The second-order valence-electron chi connectivity index (χ2n) is 5.55. The van der Waals surface area contributed by atoms with Crippen molar-refractivity contribution in [3.8, 4) is 22.4 Å². The van der Waals surface area contributed by atoms with Gasteiger partial charge in [0.25, 0.3) is 0 Å². The number of pyridine rings is 1. The first kappa shape index (κ1) is 17.1. The number of fused-ring (bicyclic) bond motifs is 3. The Morgan fingerprint density at radius 2 is 1.81 bits per heavy atom. The van der Waals surface area contributed by atoms with Crippen molar-refractivity contribution in [1.29, 1.82) is 0 Å². The Bertz CT molecular complexity index is 982. The first-order valence-electron chi connectivity index (χ1n) is 9.26. The standard InChI is InChI=1S/C20H16N.C2H3.CH2N.Ir/c1-13-3-5-18-16(9-13)12-17-11-15(4-6-19(17)18)20-10-14(2)7-8-21-20;2*1-2;/h3,5-11H,12H2,1-2H3;1H,2H2;1H2;/q3*-1;+3/i2D3;;;. The molecule has 1 aromatic heterocycles. The molecule has 0 fully saturated rings. The largest absolute Gasteiger partial charge is 3.00 e. The predicted octanol–water partition coefficient (Wildman–Crippen LogP) is 5.60. The molecule has 0 bridgehead atoms. The Morgan fingerprint density at radius 3 is 2.54 bits per heavy atom. The molecule has 1 aliphatic rings. The van der Waals surface area contributed by atoms with E-state index in [2.05, 4.69) is 62.1 Å². The molecule has 1 heterocycles. The van der Waals surface area contributed by atoms with Crippen LogP contribution in [0, 0.1) is 26.4 Å². The molecule has 26 heavy (non-hydrogen) atoms. The number of hydrogen-bond acceptors (Lipinski definition) is 1. The molecular formula is C23H21IrN2. The molecule has 0 saturated carbocycles. The van der Waals surface area contributed by atoms with Gasteiger partial charge in [-0.15, -0.1) is 29.3 Å². The van der Waals surface area contributed by atoms with Crippen molar-refractivity contribution in [3.63, 3.8) is 0 Å². The predicted molar refractivity (Wildman–Crippen MR) is 107 cm³/mol. The molecule has 3 aromatic rings. The van der Waals surface area contributed by atoms with Gasteiger partial charge in [0, 0.05) is 10.3 Å². The first-order valence-corrected chi connectivity index (χ1v) is 7.76. The van der Waals surface area contributed by atoms with Crippen molar-refractivity contribution >= 4 is 6.72 Å². The minimum Gasteiger partial charge on any atom is -0.817 e. The van der Waals surface area contributed by atoms with Crippen LogP contribution < -0.4 is 0 Å². The van der Waals surface area contributed by atoms with Gasteiger partial charge in [-0.25, -0.2) is 6.72 Å². The Morgan fingerprint density at radius 1 is 1.08 bits per heavy atom. The van der Waals surface area contributed by atoms with Gasteiger partial charge in [-0.2, -0.15) is 0 Å². The molecule has 0 N–H and O–H groups in total. The van der Waals surface area contributed by atoms with E-state index in [0.29, 0.717) is 11.3 Å². The smallest absolute Gasteiger partial charge is 0.817 e. The number of aromatic nitrogens is 1. The third kappa shape index (κ3) is 4.43. The van der Waals surface area contributed by atoms with E-state index in [1.54, 1.807) is 18.3 Å². The zero-order chi connectivity index (χ0) is 20.9. The molecule has 0 amide bonds. The third-order valence-corrected chi connectivity index (χ3v) is 4.00. The van der Waals surface area contributed by atoms with Crippen LogP contribution in [0.5, 0.6) is 0 Å². The van der Waals surface area contributed by atoms with Gasteiger partial charge < -0.3 is 17.0 Å². The van der Waals surface area contributed by atoms with Crippen molar-refractivity contribution in [1.82, 2.24) is 4.98 Å². The molecule has 2 nitrogen and oxygen atoms in total. The van der Waals surface area contributed by atoms with Crippen LogP contribution in [-0.2, 0) is 26.5 Å². The van der Waals surface area contributed by atoms with Crippen LogP contribution in [0.25, 0.3) is 27.8 Å². The van der Waals surface area contributed by atoms with Crippen LogP contribution in [0.1, 0.15) is 26.4 Å². The second-order valence-corrected chi connectivity index (χ2v) is 5.55. The van der Waals surface area contributed by atoms with E-state index >= 15 is 0 Å². The minimum absolute atomic E-state index is 0. The molecule has 0 atom stereocenters. The molecule has 0 unspecified atom stereocenters. The van der Waals surface area contributed by atoms with Gasteiger partial charge in [0.15, 0.2) is 0 Å². The molecule has 0 spiro atoms. The first-order chi connectivity index (χ1) is 13.4. The zero-order valence-electron chi connectivity index (χ0n) is 17.5. The maximum Gasteiger partial charge on any atom is 3.00 e. The molecule has 0 aliphatic heterocycles. The third-order valence-electron chi connectivity index (χ3n) is 4.00. The number of rotatable bonds is 1. The summed E-state index contributed by atoms with van der Waals surface area (Å²) in [5, 5.41) is 6.75. The maximum atomic E-state index is 7.56. The van der Waals surface area contributed by atoms with E-state index in [4.69, 9.17) is 9.52 Å². The van der Waals surface area contributed by atoms with E-state index in [0.717, 1.165) is 12.0 Å². The van der Waals surface area contributed by atoms with E-state index in [1.165, 1.54) is 27.8 Å². The van der Waals surface area contributed by atoms with Crippen LogP contribution in [-0.4, -0.2) is 11.7 Å². The number of aryl methyl sites for hydroxylation is 2. The Labute approximate surface area is 174 Å². The van der Waals surface area contributed by atoms with Crippen molar-refractivity contribution in [3.05, 3.63) is 95.5 Å². The molecule has 0 saturated heterocycles. The summed E-state index contributed by atoms with van der Waals surface area (Å²) < 4.78 is 22.7. The zero-order valence-corrected chi connectivity index (χ0v) is 16.9. The fourth-order valence-corrected chi connectivity index (χ4v) is 3.00. The normalized spacial score (nSPS) is 12.3.